The Labute approximate surface area is 114 Å². The Balaban J connectivity index is 2.11. The molecule has 0 aliphatic carbocycles. The molecule has 0 radical (unpaired) electrons. The smallest absolute Gasteiger partial charge is 0.123 e. The van der Waals surface area contributed by atoms with Crippen LogP contribution in [0.3, 0.4) is 0 Å². The topological polar surface area (TPSA) is 41.9 Å². The molecule has 0 saturated carbocycles. The molecule has 0 spiro atoms. The highest BCUT2D eigenvalue weighted by Crippen LogP contribution is 2.26. The highest BCUT2D eigenvalue weighted by molar-refractivity contribution is 5.38. The number of rotatable bonds is 5. The number of methoxy groups -OCH3 is 2. The van der Waals surface area contributed by atoms with E-state index >= 15 is 0 Å². The monoisotopic (exact) mass is 265 g/mol. The lowest BCUT2D eigenvalue weighted by Gasteiger charge is -2.19. The summed E-state index contributed by atoms with van der Waals surface area (Å²) in [7, 11) is 3.45. The number of likely N-dealkylation sites (tertiary alicyclic amines) is 1. The maximum atomic E-state index is 9.68. The van der Waals surface area contributed by atoms with Crippen molar-refractivity contribution in [1.82, 2.24) is 4.90 Å². The van der Waals surface area contributed by atoms with Crippen molar-refractivity contribution < 1.29 is 14.6 Å². The molecule has 1 aliphatic heterocycles. The molecule has 1 aromatic rings. The van der Waals surface area contributed by atoms with E-state index in [2.05, 4.69) is 4.90 Å². The molecule has 1 fully saturated rings. The molecule has 1 aromatic carbocycles. The lowest BCUT2D eigenvalue weighted by atomic mass is 10.1. The second-order valence-corrected chi connectivity index (χ2v) is 5.13. The van der Waals surface area contributed by atoms with Crippen molar-refractivity contribution in [2.45, 2.75) is 32.1 Å². The summed E-state index contributed by atoms with van der Waals surface area (Å²) < 4.78 is 10.8. The Morgan fingerprint density at radius 2 is 2.21 bits per heavy atom. The van der Waals surface area contributed by atoms with E-state index in [0.29, 0.717) is 6.10 Å². The van der Waals surface area contributed by atoms with Crippen LogP contribution in [-0.4, -0.2) is 43.4 Å². The molecule has 4 nitrogen and oxygen atoms in total. The van der Waals surface area contributed by atoms with E-state index in [1.807, 2.05) is 18.2 Å². The van der Waals surface area contributed by atoms with Crippen LogP contribution in [0, 0.1) is 0 Å². The molecule has 1 aliphatic rings. The van der Waals surface area contributed by atoms with Gasteiger partial charge in [0.05, 0.1) is 19.3 Å². The third-order valence-electron chi connectivity index (χ3n) is 3.74. The van der Waals surface area contributed by atoms with Crippen molar-refractivity contribution in [1.29, 1.82) is 0 Å². The first kappa shape index (κ1) is 14.3. The SMILES string of the molecule is COc1ccc(C(C)O)cc1CN1CCC(OC)C1. The molecule has 19 heavy (non-hydrogen) atoms. The summed E-state index contributed by atoms with van der Waals surface area (Å²) in [6.45, 7) is 4.62. The Kier molecular flexibility index (Phi) is 4.80. The van der Waals surface area contributed by atoms with E-state index in [1.54, 1.807) is 21.1 Å². The molecule has 106 valence electrons. The largest absolute Gasteiger partial charge is 0.496 e. The van der Waals surface area contributed by atoms with Crippen LogP contribution in [0.2, 0.25) is 0 Å². The first-order valence-electron chi connectivity index (χ1n) is 6.74. The minimum absolute atomic E-state index is 0.339. The van der Waals surface area contributed by atoms with E-state index in [0.717, 1.165) is 42.9 Å². The number of hydrogen-bond acceptors (Lipinski definition) is 4. The number of aliphatic hydroxyl groups is 1. The third-order valence-corrected chi connectivity index (χ3v) is 3.74. The van der Waals surface area contributed by atoms with Crippen molar-refractivity contribution in [3.05, 3.63) is 29.3 Å². The molecule has 2 atom stereocenters. The number of ether oxygens (including phenoxy) is 2. The molecule has 0 amide bonds. The van der Waals surface area contributed by atoms with Crippen LogP contribution in [0.15, 0.2) is 18.2 Å². The fraction of sp³-hybridized carbons (Fsp3) is 0.600. The van der Waals surface area contributed by atoms with Crippen molar-refractivity contribution in [2.24, 2.45) is 0 Å². The molecular formula is C15H23NO3. The predicted octanol–water partition coefficient (Wildman–Crippen LogP) is 1.97. The fourth-order valence-electron chi connectivity index (χ4n) is 2.56. The molecule has 2 unspecified atom stereocenters. The van der Waals surface area contributed by atoms with Gasteiger partial charge in [-0.25, -0.2) is 0 Å². The minimum Gasteiger partial charge on any atom is -0.496 e. The van der Waals surface area contributed by atoms with Gasteiger partial charge in [-0.1, -0.05) is 6.07 Å². The zero-order valence-electron chi connectivity index (χ0n) is 11.9. The van der Waals surface area contributed by atoms with Gasteiger partial charge in [-0.3, -0.25) is 4.90 Å². The number of hydrogen-bond donors (Lipinski definition) is 1. The normalized spacial score (nSPS) is 21.6. The summed E-state index contributed by atoms with van der Waals surface area (Å²) in [4.78, 5) is 2.36. The second-order valence-electron chi connectivity index (χ2n) is 5.13. The Bertz CT molecular complexity index is 420. The summed E-state index contributed by atoms with van der Waals surface area (Å²) in [6, 6.07) is 5.87. The van der Waals surface area contributed by atoms with Crippen LogP contribution < -0.4 is 4.74 Å². The maximum absolute atomic E-state index is 9.68. The minimum atomic E-state index is -0.449. The van der Waals surface area contributed by atoms with Crippen LogP contribution in [-0.2, 0) is 11.3 Å². The zero-order chi connectivity index (χ0) is 13.8. The summed E-state index contributed by atoms with van der Waals surface area (Å²) >= 11 is 0. The van der Waals surface area contributed by atoms with E-state index in [9.17, 15) is 5.11 Å². The van der Waals surface area contributed by atoms with Crippen LogP contribution in [0.1, 0.15) is 30.6 Å². The lowest BCUT2D eigenvalue weighted by Crippen LogP contribution is -2.22. The molecule has 2 rings (SSSR count). The van der Waals surface area contributed by atoms with Gasteiger partial charge in [0, 0.05) is 32.3 Å². The fourth-order valence-corrected chi connectivity index (χ4v) is 2.56. The van der Waals surface area contributed by atoms with Crippen molar-refractivity contribution in [2.75, 3.05) is 27.3 Å². The van der Waals surface area contributed by atoms with Crippen molar-refractivity contribution >= 4 is 0 Å². The summed E-state index contributed by atoms with van der Waals surface area (Å²) in [5, 5.41) is 9.68. The molecule has 1 saturated heterocycles. The highest BCUT2D eigenvalue weighted by Gasteiger charge is 2.23. The van der Waals surface area contributed by atoms with Gasteiger partial charge in [0.2, 0.25) is 0 Å². The van der Waals surface area contributed by atoms with E-state index < -0.39 is 6.10 Å². The standard InChI is InChI=1S/C15H23NO3/c1-11(17)12-4-5-15(19-3)13(8-12)9-16-7-6-14(10-16)18-2/h4-5,8,11,14,17H,6-7,9-10H2,1-3H3. The van der Waals surface area contributed by atoms with E-state index in [1.165, 1.54) is 0 Å². The van der Waals surface area contributed by atoms with Crippen LogP contribution in [0.4, 0.5) is 0 Å². The van der Waals surface area contributed by atoms with Crippen molar-refractivity contribution in [3.8, 4) is 5.75 Å². The summed E-state index contributed by atoms with van der Waals surface area (Å²) in [6.07, 6.45) is 0.968. The number of nitrogens with zero attached hydrogens (tertiary/aromatic N) is 1. The van der Waals surface area contributed by atoms with Gasteiger partial charge < -0.3 is 14.6 Å². The van der Waals surface area contributed by atoms with Crippen LogP contribution in [0.5, 0.6) is 5.75 Å². The lowest BCUT2D eigenvalue weighted by molar-refractivity contribution is 0.107. The average Bonchev–Trinajstić information content (AvgIpc) is 2.86. The van der Waals surface area contributed by atoms with Gasteiger partial charge in [-0.2, -0.15) is 0 Å². The quantitative estimate of drug-likeness (QED) is 0.884. The predicted molar refractivity (Wildman–Crippen MR) is 74.3 cm³/mol. The first-order chi connectivity index (χ1) is 9.13. The maximum Gasteiger partial charge on any atom is 0.123 e. The van der Waals surface area contributed by atoms with Crippen LogP contribution in [0.25, 0.3) is 0 Å². The second kappa shape index (κ2) is 6.37. The van der Waals surface area contributed by atoms with Gasteiger partial charge in [-0.05, 0) is 31.0 Å². The Morgan fingerprint density at radius 1 is 1.42 bits per heavy atom. The van der Waals surface area contributed by atoms with Gasteiger partial charge >= 0.3 is 0 Å². The van der Waals surface area contributed by atoms with Gasteiger partial charge in [0.25, 0.3) is 0 Å². The molecule has 4 heteroatoms. The molecule has 1 N–H and O–H groups in total. The number of benzene rings is 1. The Morgan fingerprint density at radius 3 is 2.79 bits per heavy atom. The summed E-state index contributed by atoms with van der Waals surface area (Å²) in [5.74, 6) is 0.880. The van der Waals surface area contributed by atoms with Gasteiger partial charge in [-0.15, -0.1) is 0 Å². The average molecular weight is 265 g/mol. The molecule has 0 bridgehead atoms. The van der Waals surface area contributed by atoms with E-state index in [-0.39, 0.29) is 0 Å². The molecular weight excluding hydrogens is 242 g/mol. The number of aliphatic hydroxyl groups excluding tert-OH is 1. The van der Waals surface area contributed by atoms with Crippen molar-refractivity contribution in [3.63, 3.8) is 0 Å². The van der Waals surface area contributed by atoms with E-state index in [4.69, 9.17) is 9.47 Å². The zero-order valence-corrected chi connectivity index (χ0v) is 11.9. The highest BCUT2D eigenvalue weighted by atomic mass is 16.5. The summed E-state index contributed by atoms with van der Waals surface area (Å²) in [5.41, 5.74) is 2.05. The van der Waals surface area contributed by atoms with Crippen LogP contribution >= 0.6 is 0 Å². The molecule has 1 heterocycles. The molecule has 0 aromatic heterocycles. The third kappa shape index (κ3) is 3.47. The van der Waals surface area contributed by atoms with Gasteiger partial charge in [0.1, 0.15) is 5.75 Å². The Hall–Kier alpha value is -1.10. The van der Waals surface area contributed by atoms with Gasteiger partial charge in [0.15, 0.2) is 0 Å². The first-order valence-corrected chi connectivity index (χ1v) is 6.74.